The molecule has 1 unspecified atom stereocenters. The van der Waals surface area contributed by atoms with E-state index in [4.69, 9.17) is 5.73 Å². The number of nitrogens with two attached hydrogens (primary N) is 1. The molecule has 0 aliphatic carbocycles. The van der Waals surface area contributed by atoms with Crippen molar-refractivity contribution in [3.63, 3.8) is 0 Å². The van der Waals surface area contributed by atoms with Gasteiger partial charge in [-0.25, -0.2) is 4.98 Å². The lowest BCUT2D eigenvalue weighted by Crippen LogP contribution is -2.22. The van der Waals surface area contributed by atoms with Crippen LogP contribution in [0.1, 0.15) is 20.8 Å². The van der Waals surface area contributed by atoms with Gasteiger partial charge >= 0.3 is 0 Å². The summed E-state index contributed by atoms with van der Waals surface area (Å²) in [5.74, 6) is 1.42. The Bertz CT molecular complexity index is 312. The van der Waals surface area contributed by atoms with E-state index in [0.29, 0.717) is 17.6 Å². The number of nitrogens with zero attached hydrogens (tertiary/aromatic N) is 1. The maximum atomic E-state index is 5.60. The van der Waals surface area contributed by atoms with Gasteiger partial charge in [-0.3, -0.25) is 0 Å². The summed E-state index contributed by atoms with van der Waals surface area (Å²) in [4.78, 5) is 4.22. The lowest BCUT2D eigenvalue weighted by molar-refractivity contribution is 0.558. The molecular weight excluding hydrogens is 242 g/mol. The van der Waals surface area contributed by atoms with Crippen molar-refractivity contribution in [2.45, 2.75) is 26.8 Å². The molecule has 3 N–H and O–H groups in total. The van der Waals surface area contributed by atoms with E-state index in [1.807, 2.05) is 6.07 Å². The van der Waals surface area contributed by atoms with Gasteiger partial charge < -0.3 is 11.1 Å². The molecule has 1 aromatic heterocycles. The Kier molecular flexibility index (Phi) is 3.75. The minimum Gasteiger partial charge on any atom is -0.397 e. The molecule has 3 nitrogen and oxygen atoms in total. The number of rotatable bonds is 3. The molecular formula is C10H16BrN3. The molecule has 1 aromatic rings. The minimum absolute atomic E-state index is 0.391. The molecule has 0 saturated carbocycles. The molecule has 14 heavy (non-hydrogen) atoms. The molecule has 0 amide bonds. The van der Waals surface area contributed by atoms with Crippen LogP contribution in [0.15, 0.2) is 16.7 Å². The highest BCUT2D eigenvalue weighted by atomic mass is 79.9. The van der Waals surface area contributed by atoms with E-state index < -0.39 is 0 Å². The standard InChI is InChI=1S/C10H16BrN3/c1-6(2)7(3)14-10-9(11)4-8(12)5-13-10/h4-7H,12H2,1-3H3,(H,13,14). The summed E-state index contributed by atoms with van der Waals surface area (Å²) in [5.41, 5.74) is 6.26. The summed E-state index contributed by atoms with van der Waals surface area (Å²) in [6.45, 7) is 6.47. The smallest absolute Gasteiger partial charge is 0.140 e. The highest BCUT2D eigenvalue weighted by Gasteiger charge is 2.09. The van der Waals surface area contributed by atoms with E-state index in [9.17, 15) is 0 Å². The number of pyridine rings is 1. The molecule has 0 saturated heterocycles. The average Bonchev–Trinajstić information content (AvgIpc) is 2.09. The zero-order valence-corrected chi connectivity index (χ0v) is 10.3. The van der Waals surface area contributed by atoms with Crippen molar-refractivity contribution < 1.29 is 0 Å². The van der Waals surface area contributed by atoms with Crippen molar-refractivity contribution in [2.24, 2.45) is 5.92 Å². The van der Waals surface area contributed by atoms with Crippen LogP contribution in [0.2, 0.25) is 0 Å². The first-order chi connectivity index (χ1) is 6.50. The third-order valence-corrected chi connectivity index (χ3v) is 2.83. The summed E-state index contributed by atoms with van der Waals surface area (Å²) in [6, 6.07) is 2.24. The molecule has 4 heteroatoms. The number of nitrogen functional groups attached to an aromatic ring is 1. The fraction of sp³-hybridized carbons (Fsp3) is 0.500. The monoisotopic (exact) mass is 257 g/mol. The van der Waals surface area contributed by atoms with Gasteiger partial charge in [0.1, 0.15) is 5.82 Å². The van der Waals surface area contributed by atoms with Gasteiger partial charge in [0.15, 0.2) is 0 Å². The molecule has 1 atom stereocenters. The van der Waals surface area contributed by atoms with Crippen LogP contribution in [0.5, 0.6) is 0 Å². The van der Waals surface area contributed by atoms with Crippen LogP contribution in [0.25, 0.3) is 0 Å². The second kappa shape index (κ2) is 4.64. The fourth-order valence-corrected chi connectivity index (χ4v) is 1.42. The lowest BCUT2D eigenvalue weighted by Gasteiger charge is -2.18. The number of hydrogen-bond acceptors (Lipinski definition) is 3. The maximum absolute atomic E-state index is 5.60. The fourth-order valence-electron chi connectivity index (χ4n) is 0.941. The van der Waals surface area contributed by atoms with Crippen LogP contribution < -0.4 is 11.1 Å². The van der Waals surface area contributed by atoms with Crippen LogP contribution in [-0.2, 0) is 0 Å². The first kappa shape index (κ1) is 11.3. The normalized spacial score (nSPS) is 12.9. The predicted molar refractivity (Wildman–Crippen MR) is 64.3 cm³/mol. The van der Waals surface area contributed by atoms with Crippen molar-refractivity contribution in [3.8, 4) is 0 Å². The van der Waals surface area contributed by atoms with Crippen molar-refractivity contribution >= 4 is 27.4 Å². The molecule has 0 aliphatic heterocycles. The molecule has 0 aliphatic rings. The van der Waals surface area contributed by atoms with Gasteiger partial charge in [0.05, 0.1) is 16.4 Å². The van der Waals surface area contributed by atoms with Crippen molar-refractivity contribution in [1.82, 2.24) is 4.98 Å². The highest BCUT2D eigenvalue weighted by Crippen LogP contribution is 2.23. The summed E-state index contributed by atoms with van der Waals surface area (Å²) in [6.07, 6.45) is 1.65. The van der Waals surface area contributed by atoms with E-state index in [-0.39, 0.29) is 0 Å². The summed E-state index contributed by atoms with van der Waals surface area (Å²) in [7, 11) is 0. The Labute approximate surface area is 93.2 Å². The van der Waals surface area contributed by atoms with Crippen LogP contribution in [0, 0.1) is 5.92 Å². The topological polar surface area (TPSA) is 50.9 Å². The van der Waals surface area contributed by atoms with Crippen molar-refractivity contribution in [1.29, 1.82) is 0 Å². The van der Waals surface area contributed by atoms with E-state index in [1.165, 1.54) is 0 Å². The van der Waals surface area contributed by atoms with Crippen LogP contribution in [0.4, 0.5) is 11.5 Å². The van der Waals surface area contributed by atoms with Gasteiger partial charge in [-0.05, 0) is 34.8 Å². The number of anilines is 2. The van der Waals surface area contributed by atoms with Crippen LogP contribution >= 0.6 is 15.9 Å². The van der Waals surface area contributed by atoms with Crippen molar-refractivity contribution in [2.75, 3.05) is 11.1 Å². The zero-order chi connectivity index (χ0) is 10.7. The SMILES string of the molecule is CC(C)C(C)Nc1ncc(N)cc1Br. The minimum atomic E-state index is 0.391. The Hall–Kier alpha value is -0.770. The number of aromatic nitrogens is 1. The molecule has 1 rings (SSSR count). The Morgan fingerprint density at radius 2 is 2.07 bits per heavy atom. The van der Waals surface area contributed by atoms with Crippen LogP contribution in [-0.4, -0.2) is 11.0 Å². The Morgan fingerprint density at radius 1 is 1.43 bits per heavy atom. The summed E-state index contributed by atoms with van der Waals surface area (Å²) in [5, 5.41) is 3.32. The third kappa shape index (κ3) is 2.87. The molecule has 0 aromatic carbocycles. The largest absolute Gasteiger partial charge is 0.397 e. The second-order valence-electron chi connectivity index (χ2n) is 3.78. The quantitative estimate of drug-likeness (QED) is 0.876. The van der Waals surface area contributed by atoms with Gasteiger partial charge in [0.25, 0.3) is 0 Å². The molecule has 0 fully saturated rings. The predicted octanol–water partition coefficient (Wildman–Crippen LogP) is 2.88. The first-order valence-electron chi connectivity index (χ1n) is 4.68. The molecule has 0 radical (unpaired) electrons. The van der Waals surface area contributed by atoms with E-state index in [2.05, 4.69) is 47.0 Å². The Balaban J connectivity index is 2.77. The van der Waals surface area contributed by atoms with Crippen molar-refractivity contribution in [3.05, 3.63) is 16.7 Å². The van der Waals surface area contributed by atoms with E-state index in [1.54, 1.807) is 6.20 Å². The van der Waals surface area contributed by atoms with Gasteiger partial charge in [-0.1, -0.05) is 13.8 Å². The summed E-state index contributed by atoms with van der Waals surface area (Å²) >= 11 is 3.42. The van der Waals surface area contributed by atoms with E-state index >= 15 is 0 Å². The Morgan fingerprint density at radius 3 is 2.57 bits per heavy atom. The summed E-state index contributed by atoms with van der Waals surface area (Å²) < 4.78 is 0.907. The molecule has 0 bridgehead atoms. The average molecular weight is 258 g/mol. The van der Waals surface area contributed by atoms with Crippen LogP contribution in [0.3, 0.4) is 0 Å². The number of nitrogens with one attached hydrogen (secondary N) is 1. The van der Waals surface area contributed by atoms with E-state index in [0.717, 1.165) is 10.3 Å². The maximum Gasteiger partial charge on any atom is 0.140 e. The van der Waals surface area contributed by atoms with Gasteiger partial charge in [0, 0.05) is 6.04 Å². The second-order valence-corrected chi connectivity index (χ2v) is 4.63. The third-order valence-electron chi connectivity index (χ3n) is 2.23. The molecule has 0 spiro atoms. The number of hydrogen-bond donors (Lipinski definition) is 2. The molecule has 78 valence electrons. The van der Waals surface area contributed by atoms with Gasteiger partial charge in [-0.2, -0.15) is 0 Å². The highest BCUT2D eigenvalue weighted by molar-refractivity contribution is 9.10. The molecule has 1 heterocycles. The van der Waals surface area contributed by atoms with Gasteiger partial charge in [-0.15, -0.1) is 0 Å². The van der Waals surface area contributed by atoms with Gasteiger partial charge in [0.2, 0.25) is 0 Å². The zero-order valence-electron chi connectivity index (χ0n) is 8.71. The number of halogens is 1. The first-order valence-corrected chi connectivity index (χ1v) is 5.47. The lowest BCUT2D eigenvalue weighted by atomic mass is 10.1.